The van der Waals surface area contributed by atoms with Gasteiger partial charge in [-0.3, -0.25) is 0 Å². The first kappa shape index (κ1) is 15.9. The number of hydrogen-bond donors (Lipinski definition) is 1. The molecule has 0 aliphatic carbocycles. The Hall–Kier alpha value is -3.61. The second-order valence-corrected chi connectivity index (χ2v) is 5.56. The zero-order valence-corrected chi connectivity index (χ0v) is 14.3. The highest BCUT2D eigenvalue weighted by Gasteiger charge is 2.17. The Balaban J connectivity index is 2.05. The zero-order chi connectivity index (χ0) is 18.1. The summed E-state index contributed by atoms with van der Waals surface area (Å²) in [5, 5.41) is 0.659. The summed E-state index contributed by atoms with van der Waals surface area (Å²) >= 11 is 0. The van der Waals surface area contributed by atoms with E-state index in [0.29, 0.717) is 39.8 Å². The van der Waals surface area contributed by atoms with Crippen LogP contribution in [0, 0.1) is 0 Å². The van der Waals surface area contributed by atoms with E-state index in [4.69, 9.17) is 19.6 Å². The van der Waals surface area contributed by atoms with Gasteiger partial charge in [0.25, 0.3) is 0 Å². The Morgan fingerprint density at radius 2 is 1.88 bits per heavy atom. The van der Waals surface area contributed by atoms with E-state index in [2.05, 4.69) is 15.0 Å². The van der Waals surface area contributed by atoms with E-state index in [1.54, 1.807) is 20.5 Å². The Labute approximate surface area is 149 Å². The SMILES string of the molecule is COc1ccc(-c2cc(-c3ccco3)nc3ncnc(N)c23)c(OC)c1. The average Bonchev–Trinajstić information content (AvgIpc) is 3.21. The van der Waals surface area contributed by atoms with E-state index >= 15 is 0 Å². The summed E-state index contributed by atoms with van der Waals surface area (Å²) in [6, 6.07) is 11.1. The van der Waals surface area contributed by atoms with Gasteiger partial charge in [0.2, 0.25) is 0 Å². The first-order valence-electron chi connectivity index (χ1n) is 7.88. The fraction of sp³-hybridized carbons (Fsp3) is 0.105. The Kier molecular flexibility index (Phi) is 3.89. The van der Waals surface area contributed by atoms with E-state index in [1.807, 2.05) is 36.4 Å². The lowest BCUT2D eigenvalue weighted by Gasteiger charge is -2.14. The Morgan fingerprint density at radius 1 is 1.00 bits per heavy atom. The van der Waals surface area contributed by atoms with Crippen LogP contribution >= 0.6 is 0 Å². The maximum atomic E-state index is 6.13. The quantitative estimate of drug-likeness (QED) is 0.602. The van der Waals surface area contributed by atoms with Crippen LogP contribution in [0.1, 0.15) is 0 Å². The minimum absolute atomic E-state index is 0.348. The minimum atomic E-state index is 0.348. The van der Waals surface area contributed by atoms with Crippen LogP contribution < -0.4 is 15.2 Å². The van der Waals surface area contributed by atoms with Crippen LogP contribution in [-0.4, -0.2) is 29.2 Å². The van der Waals surface area contributed by atoms with Gasteiger partial charge < -0.3 is 19.6 Å². The molecule has 0 saturated heterocycles. The van der Waals surface area contributed by atoms with Gasteiger partial charge in [0.1, 0.15) is 29.3 Å². The summed E-state index contributed by atoms with van der Waals surface area (Å²) < 4.78 is 16.3. The number of methoxy groups -OCH3 is 2. The Morgan fingerprint density at radius 3 is 2.62 bits per heavy atom. The molecule has 0 spiro atoms. The van der Waals surface area contributed by atoms with Crippen molar-refractivity contribution < 1.29 is 13.9 Å². The van der Waals surface area contributed by atoms with Crippen LogP contribution in [0.15, 0.2) is 53.4 Å². The monoisotopic (exact) mass is 348 g/mol. The van der Waals surface area contributed by atoms with E-state index < -0.39 is 0 Å². The normalized spacial score (nSPS) is 10.8. The van der Waals surface area contributed by atoms with Crippen LogP contribution in [0.2, 0.25) is 0 Å². The summed E-state index contributed by atoms with van der Waals surface area (Å²) in [4.78, 5) is 13.0. The lowest BCUT2D eigenvalue weighted by molar-refractivity contribution is 0.395. The first-order valence-corrected chi connectivity index (χ1v) is 7.88. The van der Waals surface area contributed by atoms with Crippen LogP contribution in [-0.2, 0) is 0 Å². The van der Waals surface area contributed by atoms with Gasteiger partial charge in [0, 0.05) is 17.2 Å². The topological polar surface area (TPSA) is 96.3 Å². The van der Waals surface area contributed by atoms with Gasteiger partial charge in [-0.25, -0.2) is 15.0 Å². The minimum Gasteiger partial charge on any atom is -0.497 e. The van der Waals surface area contributed by atoms with Crippen molar-refractivity contribution in [2.24, 2.45) is 0 Å². The molecule has 0 radical (unpaired) electrons. The zero-order valence-electron chi connectivity index (χ0n) is 14.3. The van der Waals surface area contributed by atoms with E-state index in [-0.39, 0.29) is 0 Å². The number of pyridine rings is 1. The summed E-state index contributed by atoms with van der Waals surface area (Å²) in [5.74, 6) is 2.32. The molecule has 0 unspecified atom stereocenters. The van der Waals surface area contributed by atoms with Crippen molar-refractivity contribution in [1.29, 1.82) is 0 Å². The summed E-state index contributed by atoms with van der Waals surface area (Å²) in [7, 11) is 3.21. The number of nitrogen functional groups attached to an aromatic ring is 1. The second-order valence-electron chi connectivity index (χ2n) is 5.56. The summed E-state index contributed by atoms with van der Waals surface area (Å²) in [5.41, 5.74) is 8.90. The highest BCUT2D eigenvalue weighted by molar-refractivity contribution is 6.02. The van der Waals surface area contributed by atoms with Crippen molar-refractivity contribution >= 4 is 16.9 Å². The lowest BCUT2D eigenvalue weighted by Crippen LogP contribution is -1.99. The molecule has 0 fully saturated rings. The molecule has 0 bridgehead atoms. The third-order valence-corrected chi connectivity index (χ3v) is 4.11. The molecule has 1 aromatic carbocycles. The highest BCUT2D eigenvalue weighted by atomic mass is 16.5. The predicted molar refractivity (Wildman–Crippen MR) is 98.0 cm³/mol. The maximum absolute atomic E-state index is 6.13. The molecule has 4 rings (SSSR count). The van der Waals surface area contributed by atoms with Crippen LogP contribution in [0.25, 0.3) is 33.6 Å². The molecule has 26 heavy (non-hydrogen) atoms. The Bertz CT molecular complexity index is 1080. The molecule has 130 valence electrons. The number of anilines is 1. The summed E-state index contributed by atoms with van der Waals surface area (Å²) in [6.07, 6.45) is 2.99. The van der Waals surface area contributed by atoms with Gasteiger partial charge >= 0.3 is 0 Å². The molecular weight excluding hydrogens is 332 g/mol. The third-order valence-electron chi connectivity index (χ3n) is 4.11. The lowest BCUT2D eigenvalue weighted by atomic mass is 10.00. The number of aromatic nitrogens is 3. The summed E-state index contributed by atoms with van der Waals surface area (Å²) in [6.45, 7) is 0. The van der Waals surface area contributed by atoms with Crippen molar-refractivity contribution in [3.63, 3.8) is 0 Å². The molecular formula is C19H16N4O3. The van der Waals surface area contributed by atoms with E-state index in [0.717, 1.165) is 11.1 Å². The van der Waals surface area contributed by atoms with Crippen LogP contribution in [0.3, 0.4) is 0 Å². The maximum Gasteiger partial charge on any atom is 0.166 e. The molecule has 2 N–H and O–H groups in total. The van der Waals surface area contributed by atoms with Crippen LogP contribution in [0.5, 0.6) is 11.5 Å². The fourth-order valence-electron chi connectivity index (χ4n) is 2.87. The number of hydrogen-bond acceptors (Lipinski definition) is 7. The number of rotatable bonds is 4. The molecule has 0 aliphatic rings. The standard InChI is InChI=1S/C19H16N4O3/c1-24-11-5-6-12(16(8-11)25-2)13-9-14(15-4-3-7-26-15)23-19-17(13)18(20)21-10-22-19/h3-10H,1-2H3,(H2,20,21,22,23). The first-order chi connectivity index (χ1) is 12.7. The van der Waals surface area contributed by atoms with Crippen molar-refractivity contribution in [1.82, 2.24) is 15.0 Å². The molecule has 4 aromatic rings. The van der Waals surface area contributed by atoms with Crippen molar-refractivity contribution in [3.8, 4) is 34.1 Å². The number of nitrogens with zero attached hydrogens (tertiary/aromatic N) is 3. The van der Waals surface area contributed by atoms with Gasteiger partial charge in [-0.05, 0) is 30.3 Å². The number of furan rings is 1. The number of fused-ring (bicyclic) bond motifs is 1. The second kappa shape index (κ2) is 6.36. The average molecular weight is 348 g/mol. The molecule has 0 atom stereocenters. The van der Waals surface area contributed by atoms with Gasteiger partial charge in [-0.15, -0.1) is 0 Å². The smallest absolute Gasteiger partial charge is 0.166 e. The molecule has 0 aliphatic heterocycles. The molecule has 3 aromatic heterocycles. The molecule has 7 heteroatoms. The van der Waals surface area contributed by atoms with Crippen molar-refractivity contribution in [2.75, 3.05) is 20.0 Å². The number of nitrogens with two attached hydrogens (primary N) is 1. The van der Waals surface area contributed by atoms with Gasteiger partial charge in [-0.2, -0.15) is 0 Å². The van der Waals surface area contributed by atoms with Gasteiger partial charge in [0.05, 0.1) is 25.9 Å². The van der Waals surface area contributed by atoms with Gasteiger partial charge in [-0.1, -0.05) is 0 Å². The largest absolute Gasteiger partial charge is 0.497 e. The van der Waals surface area contributed by atoms with E-state index in [9.17, 15) is 0 Å². The van der Waals surface area contributed by atoms with Crippen molar-refractivity contribution in [3.05, 3.63) is 49.0 Å². The molecule has 7 nitrogen and oxygen atoms in total. The highest BCUT2D eigenvalue weighted by Crippen LogP contribution is 2.39. The van der Waals surface area contributed by atoms with Crippen molar-refractivity contribution in [2.45, 2.75) is 0 Å². The predicted octanol–water partition coefficient (Wildman–Crippen LogP) is 3.55. The molecule has 0 amide bonds. The third kappa shape index (κ3) is 2.59. The molecule has 0 saturated carbocycles. The fourth-order valence-corrected chi connectivity index (χ4v) is 2.87. The van der Waals surface area contributed by atoms with Crippen LogP contribution in [0.4, 0.5) is 5.82 Å². The number of ether oxygens (including phenoxy) is 2. The molecule has 3 heterocycles. The number of benzene rings is 1. The van der Waals surface area contributed by atoms with E-state index in [1.165, 1.54) is 6.33 Å². The van der Waals surface area contributed by atoms with Gasteiger partial charge in [0.15, 0.2) is 11.4 Å².